The molecule has 25 heavy (non-hydrogen) atoms. The number of rotatable bonds is 6. The van der Waals surface area contributed by atoms with Gasteiger partial charge in [-0.1, -0.05) is 12.8 Å². The molecule has 0 aromatic carbocycles. The van der Waals surface area contributed by atoms with E-state index in [0.717, 1.165) is 38.1 Å². The Morgan fingerprint density at radius 1 is 1.24 bits per heavy atom. The van der Waals surface area contributed by atoms with Crippen molar-refractivity contribution in [2.24, 2.45) is 11.8 Å². The van der Waals surface area contributed by atoms with Crippen LogP contribution in [-0.4, -0.2) is 47.7 Å². The quantitative estimate of drug-likeness (QED) is 0.796. The molecule has 0 unspecified atom stereocenters. The Balaban J connectivity index is 1.24. The summed E-state index contributed by atoms with van der Waals surface area (Å²) < 4.78 is 12.0. The van der Waals surface area contributed by atoms with Gasteiger partial charge in [0.2, 0.25) is 5.91 Å². The third kappa shape index (κ3) is 3.72. The second kappa shape index (κ2) is 7.42. The van der Waals surface area contributed by atoms with Crippen molar-refractivity contribution in [3.63, 3.8) is 0 Å². The zero-order chi connectivity index (χ0) is 17.1. The van der Waals surface area contributed by atoms with Crippen LogP contribution < -0.4 is 0 Å². The molecule has 1 saturated carbocycles. The lowest BCUT2D eigenvalue weighted by molar-refractivity contribution is -0.169. The van der Waals surface area contributed by atoms with E-state index in [4.69, 9.17) is 9.47 Å². The van der Waals surface area contributed by atoms with Crippen LogP contribution >= 0.6 is 0 Å². The molecule has 4 rings (SSSR count). The molecule has 5 heteroatoms. The summed E-state index contributed by atoms with van der Waals surface area (Å²) in [6.45, 7) is 3.60. The lowest BCUT2D eigenvalue weighted by Crippen LogP contribution is -2.66. The van der Waals surface area contributed by atoms with E-state index in [1.54, 1.807) is 12.4 Å². The number of hydrogen-bond acceptors (Lipinski definition) is 4. The monoisotopic (exact) mass is 344 g/mol. The Kier molecular flexibility index (Phi) is 5.04. The maximum absolute atomic E-state index is 12.5. The minimum absolute atomic E-state index is 0.149. The number of likely N-dealkylation sites (tertiary alicyclic amines) is 1. The van der Waals surface area contributed by atoms with E-state index in [-0.39, 0.29) is 5.60 Å². The molecule has 0 bridgehead atoms. The lowest BCUT2D eigenvalue weighted by atomic mass is 9.81. The molecule has 3 heterocycles. The van der Waals surface area contributed by atoms with Gasteiger partial charge in [0.1, 0.15) is 5.60 Å². The SMILES string of the molecule is O=C(CC1CCCC1)N1CC2(C1)OCC[C@H]2COCc1ccncc1. The summed E-state index contributed by atoms with van der Waals surface area (Å²) >= 11 is 0. The standard InChI is InChI=1S/C20H28N2O3/c23-19(11-16-3-1-2-4-16)22-14-20(15-22)18(7-10-25-20)13-24-12-17-5-8-21-9-6-17/h5-6,8-9,16,18H,1-4,7,10-15H2/t18-/m0/s1. The second-order valence-corrected chi connectivity index (χ2v) is 7.87. The number of amides is 1. The largest absolute Gasteiger partial charge is 0.376 e. The minimum atomic E-state index is -0.149. The molecule has 2 aliphatic heterocycles. The van der Waals surface area contributed by atoms with Gasteiger partial charge >= 0.3 is 0 Å². The molecule has 1 aromatic heterocycles. The van der Waals surface area contributed by atoms with E-state index in [2.05, 4.69) is 4.98 Å². The van der Waals surface area contributed by atoms with E-state index < -0.39 is 0 Å². The van der Waals surface area contributed by atoms with Crippen LogP contribution in [0.25, 0.3) is 0 Å². The van der Waals surface area contributed by atoms with Crippen molar-refractivity contribution in [1.82, 2.24) is 9.88 Å². The van der Waals surface area contributed by atoms with Crippen molar-refractivity contribution in [2.75, 3.05) is 26.3 Å². The predicted molar refractivity (Wildman–Crippen MR) is 93.8 cm³/mol. The fourth-order valence-electron chi connectivity index (χ4n) is 4.53. The molecule has 2 saturated heterocycles. The number of hydrogen-bond donors (Lipinski definition) is 0. The van der Waals surface area contributed by atoms with Crippen molar-refractivity contribution >= 4 is 5.91 Å². The van der Waals surface area contributed by atoms with Gasteiger partial charge < -0.3 is 14.4 Å². The summed E-state index contributed by atoms with van der Waals surface area (Å²) in [5.41, 5.74) is 0.994. The molecule has 1 aromatic rings. The van der Waals surface area contributed by atoms with Crippen LogP contribution in [0.4, 0.5) is 0 Å². The Labute approximate surface area is 149 Å². The third-order valence-electron chi connectivity index (χ3n) is 6.14. The fraction of sp³-hybridized carbons (Fsp3) is 0.700. The van der Waals surface area contributed by atoms with Crippen LogP contribution in [0.1, 0.15) is 44.1 Å². The minimum Gasteiger partial charge on any atom is -0.376 e. The van der Waals surface area contributed by atoms with Gasteiger partial charge in [0.05, 0.1) is 26.3 Å². The topological polar surface area (TPSA) is 51.7 Å². The Hall–Kier alpha value is -1.46. The molecule has 3 fully saturated rings. The molecule has 1 aliphatic carbocycles. The zero-order valence-electron chi connectivity index (χ0n) is 14.9. The Bertz CT molecular complexity index is 580. The van der Waals surface area contributed by atoms with Gasteiger partial charge in [0.15, 0.2) is 0 Å². The molecule has 5 nitrogen and oxygen atoms in total. The van der Waals surface area contributed by atoms with Crippen LogP contribution in [0.2, 0.25) is 0 Å². The highest BCUT2D eigenvalue weighted by Crippen LogP contribution is 2.41. The number of carbonyl (C=O) groups is 1. The maximum Gasteiger partial charge on any atom is 0.223 e. The van der Waals surface area contributed by atoms with Gasteiger partial charge in [-0.05, 0) is 42.9 Å². The van der Waals surface area contributed by atoms with Crippen LogP contribution in [0.15, 0.2) is 24.5 Å². The van der Waals surface area contributed by atoms with E-state index in [0.29, 0.717) is 31.0 Å². The first kappa shape index (κ1) is 17.0. The molecule has 1 amide bonds. The number of aromatic nitrogens is 1. The Morgan fingerprint density at radius 3 is 2.76 bits per heavy atom. The summed E-state index contributed by atoms with van der Waals surface area (Å²) in [6.07, 6.45) is 10.4. The van der Waals surface area contributed by atoms with Crippen LogP contribution in [0, 0.1) is 11.8 Å². The predicted octanol–water partition coefficient (Wildman–Crippen LogP) is 2.80. The Morgan fingerprint density at radius 2 is 2.00 bits per heavy atom. The zero-order valence-corrected chi connectivity index (χ0v) is 14.9. The van der Waals surface area contributed by atoms with E-state index in [9.17, 15) is 4.79 Å². The van der Waals surface area contributed by atoms with Crippen molar-refractivity contribution in [1.29, 1.82) is 0 Å². The van der Waals surface area contributed by atoms with Gasteiger partial charge in [0.25, 0.3) is 0 Å². The number of nitrogens with zero attached hydrogens (tertiary/aromatic N) is 2. The van der Waals surface area contributed by atoms with Gasteiger partial charge in [-0.15, -0.1) is 0 Å². The van der Waals surface area contributed by atoms with Crippen LogP contribution in [0.5, 0.6) is 0 Å². The molecular weight excluding hydrogens is 316 g/mol. The third-order valence-corrected chi connectivity index (χ3v) is 6.14. The smallest absolute Gasteiger partial charge is 0.223 e. The maximum atomic E-state index is 12.5. The average molecular weight is 344 g/mol. The van der Waals surface area contributed by atoms with Gasteiger partial charge in [-0.2, -0.15) is 0 Å². The lowest BCUT2D eigenvalue weighted by Gasteiger charge is -2.50. The van der Waals surface area contributed by atoms with Crippen molar-refractivity contribution in [3.8, 4) is 0 Å². The van der Waals surface area contributed by atoms with E-state index in [1.165, 1.54) is 25.7 Å². The molecule has 1 spiro atoms. The van der Waals surface area contributed by atoms with Crippen molar-refractivity contribution in [2.45, 2.75) is 50.7 Å². The highest BCUT2D eigenvalue weighted by molar-refractivity contribution is 5.77. The summed E-state index contributed by atoms with van der Waals surface area (Å²) in [5, 5.41) is 0. The van der Waals surface area contributed by atoms with Crippen LogP contribution in [-0.2, 0) is 20.9 Å². The van der Waals surface area contributed by atoms with Crippen molar-refractivity contribution in [3.05, 3.63) is 30.1 Å². The molecule has 0 radical (unpaired) electrons. The second-order valence-electron chi connectivity index (χ2n) is 7.87. The first-order valence-corrected chi connectivity index (χ1v) is 9.63. The summed E-state index contributed by atoms with van der Waals surface area (Å²) in [6, 6.07) is 3.96. The molecule has 3 aliphatic rings. The molecule has 0 N–H and O–H groups in total. The van der Waals surface area contributed by atoms with Gasteiger partial charge in [-0.25, -0.2) is 0 Å². The van der Waals surface area contributed by atoms with Crippen LogP contribution in [0.3, 0.4) is 0 Å². The highest BCUT2D eigenvalue weighted by atomic mass is 16.5. The van der Waals surface area contributed by atoms with Gasteiger partial charge in [-0.3, -0.25) is 9.78 Å². The molecular formula is C20H28N2O3. The molecule has 136 valence electrons. The summed E-state index contributed by atoms with van der Waals surface area (Å²) in [4.78, 5) is 18.5. The molecule has 1 atom stereocenters. The first-order valence-electron chi connectivity index (χ1n) is 9.63. The van der Waals surface area contributed by atoms with E-state index in [1.807, 2.05) is 17.0 Å². The van der Waals surface area contributed by atoms with Crippen molar-refractivity contribution < 1.29 is 14.3 Å². The number of pyridine rings is 1. The summed E-state index contributed by atoms with van der Waals surface area (Å²) in [7, 11) is 0. The normalized spacial score (nSPS) is 25.4. The number of carbonyl (C=O) groups excluding carboxylic acids is 1. The number of ether oxygens (including phenoxy) is 2. The fourth-order valence-corrected chi connectivity index (χ4v) is 4.53. The van der Waals surface area contributed by atoms with E-state index >= 15 is 0 Å². The average Bonchev–Trinajstić information content (AvgIpc) is 3.24. The first-order chi connectivity index (χ1) is 12.3. The summed E-state index contributed by atoms with van der Waals surface area (Å²) in [5.74, 6) is 1.34. The van der Waals surface area contributed by atoms with Gasteiger partial charge in [0, 0.05) is 31.3 Å². The highest BCUT2D eigenvalue weighted by Gasteiger charge is 2.54.